The number of nitrogens with one attached hydrogen (secondary N) is 1. The molecule has 2 atom stereocenters. The van der Waals surface area contributed by atoms with Crippen molar-refractivity contribution in [3.05, 3.63) is 29.3 Å². The maximum Gasteiger partial charge on any atom is 0.310 e. The molecule has 0 bridgehead atoms. The standard InChI is InChI=1S/C19H29N3O3/c1-13-8-14(2)10-16(9-13)25-7-6-21-19(20-4)22-11-15(3)17(12-22)18(23)24-5/h8-10,15,17H,6-7,11-12H2,1-5H3,(H,20,21). The molecular formula is C19H29N3O3. The number of aryl methyl sites for hydroxylation is 2. The largest absolute Gasteiger partial charge is 0.492 e. The van der Waals surface area contributed by atoms with Gasteiger partial charge in [0, 0.05) is 20.1 Å². The van der Waals surface area contributed by atoms with E-state index in [-0.39, 0.29) is 17.8 Å². The molecule has 138 valence electrons. The highest BCUT2D eigenvalue weighted by molar-refractivity contribution is 5.82. The van der Waals surface area contributed by atoms with Crippen molar-refractivity contribution in [1.82, 2.24) is 10.2 Å². The summed E-state index contributed by atoms with van der Waals surface area (Å²) in [5.41, 5.74) is 2.39. The average molecular weight is 347 g/mol. The Kier molecular flexibility index (Phi) is 6.67. The number of nitrogens with zero attached hydrogens (tertiary/aromatic N) is 2. The second-order valence-corrected chi connectivity index (χ2v) is 6.66. The zero-order chi connectivity index (χ0) is 18.4. The molecule has 1 aliphatic heterocycles. The van der Waals surface area contributed by atoms with Gasteiger partial charge >= 0.3 is 5.97 Å². The number of carbonyl (C=O) groups is 1. The number of aliphatic imine (C=N–C) groups is 1. The number of benzene rings is 1. The minimum absolute atomic E-state index is 0.102. The van der Waals surface area contributed by atoms with Gasteiger partial charge in [-0.2, -0.15) is 0 Å². The molecule has 0 radical (unpaired) electrons. The van der Waals surface area contributed by atoms with Crippen molar-refractivity contribution < 1.29 is 14.3 Å². The number of likely N-dealkylation sites (tertiary alicyclic amines) is 1. The van der Waals surface area contributed by atoms with Gasteiger partial charge in [0.25, 0.3) is 0 Å². The summed E-state index contributed by atoms with van der Waals surface area (Å²) >= 11 is 0. The maximum absolute atomic E-state index is 11.8. The molecule has 6 nitrogen and oxygen atoms in total. The molecule has 0 aromatic heterocycles. The number of rotatable bonds is 5. The zero-order valence-corrected chi connectivity index (χ0v) is 15.8. The monoisotopic (exact) mass is 347 g/mol. The van der Waals surface area contributed by atoms with Crippen molar-refractivity contribution in [1.29, 1.82) is 0 Å². The van der Waals surface area contributed by atoms with Crippen LogP contribution in [-0.4, -0.2) is 57.2 Å². The number of ether oxygens (including phenoxy) is 2. The van der Waals surface area contributed by atoms with Crippen LogP contribution < -0.4 is 10.1 Å². The lowest BCUT2D eigenvalue weighted by atomic mass is 9.99. The highest BCUT2D eigenvalue weighted by Gasteiger charge is 2.36. The van der Waals surface area contributed by atoms with Crippen molar-refractivity contribution in [3.63, 3.8) is 0 Å². The van der Waals surface area contributed by atoms with Crippen LogP contribution >= 0.6 is 0 Å². The fourth-order valence-electron chi connectivity index (χ4n) is 3.28. The Morgan fingerprint density at radius 3 is 2.56 bits per heavy atom. The van der Waals surface area contributed by atoms with Crippen LogP contribution in [0, 0.1) is 25.7 Å². The summed E-state index contributed by atoms with van der Waals surface area (Å²) in [6, 6.07) is 6.19. The molecule has 1 aromatic rings. The quantitative estimate of drug-likeness (QED) is 0.382. The van der Waals surface area contributed by atoms with Gasteiger partial charge < -0.3 is 19.7 Å². The molecule has 1 heterocycles. The molecule has 6 heteroatoms. The summed E-state index contributed by atoms with van der Waals surface area (Å²) in [5.74, 6) is 1.67. The van der Waals surface area contributed by atoms with Crippen LogP contribution in [0.5, 0.6) is 5.75 Å². The second kappa shape index (κ2) is 8.74. The average Bonchev–Trinajstić information content (AvgIpc) is 2.95. The van der Waals surface area contributed by atoms with Crippen LogP contribution in [0.3, 0.4) is 0 Å². The topological polar surface area (TPSA) is 63.2 Å². The Morgan fingerprint density at radius 2 is 1.96 bits per heavy atom. The Morgan fingerprint density at radius 1 is 1.28 bits per heavy atom. The summed E-state index contributed by atoms with van der Waals surface area (Å²) in [4.78, 5) is 18.2. The van der Waals surface area contributed by atoms with Gasteiger partial charge in [-0.25, -0.2) is 0 Å². The molecule has 1 fully saturated rings. The number of methoxy groups -OCH3 is 1. The Labute approximate surface area is 150 Å². The molecule has 1 aromatic carbocycles. The minimum Gasteiger partial charge on any atom is -0.492 e. The molecule has 2 rings (SSSR count). The Hall–Kier alpha value is -2.24. The lowest BCUT2D eigenvalue weighted by Crippen LogP contribution is -2.42. The third kappa shape index (κ3) is 5.11. The predicted molar refractivity (Wildman–Crippen MR) is 99.0 cm³/mol. The smallest absolute Gasteiger partial charge is 0.310 e. The van der Waals surface area contributed by atoms with E-state index in [1.807, 2.05) is 12.1 Å². The molecule has 0 spiro atoms. The first-order chi connectivity index (χ1) is 11.9. The van der Waals surface area contributed by atoms with E-state index in [1.54, 1.807) is 7.05 Å². The predicted octanol–water partition coefficient (Wildman–Crippen LogP) is 2.00. The number of guanidine groups is 1. The van der Waals surface area contributed by atoms with E-state index in [0.29, 0.717) is 19.7 Å². The molecule has 0 amide bonds. The summed E-state index contributed by atoms with van der Waals surface area (Å²) in [7, 11) is 3.19. The van der Waals surface area contributed by atoms with Gasteiger partial charge in [-0.3, -0.25) is 9.79 Å². The van der Waals surface area contributed by atoms with Crippen molar-refractivity contribution in [2.75, 3.05) is 40.4 Å². The highest BCUT2D eigenvalue weighted by Crippen LogP contribution is 2.24. The van der Waals surface area contributed by atoms with Gasteiger partial charge in [-0.15, -0.1) is 0 Å². The van der Waals surface area contributed by atoms with Crippen LogP contribution in [0.2, 0.25) is 0 Å². The maximum atomic E-state index is 11.8. The van der Waals surface area contributed by atoms with Crippen LogP contribution in [-0.2, 0) is 9.53 Å². The van der Waals surface area contributed by atoms with Crippen LogP contribution in [0.25, 0.3) is 0 Å². The first-order valence-electron chi connectivity index (χ1n) is 8.69. The van der Waals surface area contributed by atoms with Gasteiger partial charge in [0.15, 0.2) is 5.96 Å². The summed E-state index contributed by atoms with van der Waals surface area (Å²) in [5, 5.41) is 3.31. The van der Waals surface area contributed by atoms with Gasteiger partial charge in [0.05, 0.1) is 19.6 Å². The normalized spacial score (nSPS) is 20.5. The van der Waals surface area contributed by atoms with Crippen molar-refractivity contribution in [3.8, 4) is 5.75 Å². The van der Waals surface area contributed by atoms with E-state index in [4.69, 9.17) is 9.47 Å². The SMILES string of the molecule is CN=C(NCCOc1cc(C)cc(C)c1)N1CC(C)C(C(=O)OC)C1. The number of hydrogen-bond donors (Lipinski definition) is 1. The lowest BCUT2D eigenvalue weighted by molar-refractivity contribution is -0.145. The van der Waals surface area contributed by atoms with E-state index < -0.39 is 0 Å². The van der Waals surface area contributed by atoms with E-state index in [1.165, 1.54) is 18.2 Å². The van der Waals surface area contributed by atoms with Gasteiger partial charge in [-0.1, -0.05) is 13.0 Å². The molecule has 25 heavy (non-hydrogen) atoms. The summed E-state index contributed by atoms with van der Waals surface area (Å²) in [6.07, 6.45) is 0. The molecule has 0 aliphatic carbocycles. The molecule has 1 aliphatic rings. The van der Waals surface area contributed by atoms with Crippen molar-refractivity contribution in [2.24, 2.45) is 16.8 Å². The molecule has 1 saturated heterocycles. The lowest BCUT2D eigenvalue weighted by Gasteiger charge is -2.21. The van der Waals surface area contributed by atoms with Crippen LogP contribution in [0.1, 0.15) is 18.1 Å². The molecule has 1 N–H and O–H groups in total. The van der Waals surface area contributed by atoms with E-state index in [2.05, 4.69) is 42.0 Å². The molecule has 0 saturated carbocycles. The highest BCUT2D eigenvalue weighted by atomic mass is 16.5. The van der Waals surface area contributed by atoms with Crippen LogP contribution in [0.4, 0.5) is 0 Å². The van der Waals surface area contributed by atoms with E-state index >= 15 is 0 Å². The fraction of sp³-hybridized carbons (Fsp3) is 0.579. The molecular weight excluding hydrogens is 318 g/mol. The third-order valence-electron chi connectivity index (χ3n) is 4.48. The Bertz CT molecular complexity index is 610. The summed E-state index contributed by atoms with van der Waals surface area (Å²) in [6.45, 7) is 8.80. The van der Waals surface area contributed by atoms with Crippen molar-refractivity contribution in [2.45, 2.75) is 20.8 Å². The number of carbonyl (C=O) groups excluding carboxylic acids is 1. The molecule has 2 unspecified atom stereocenters. The first-order valence-corrected chi connectivity index (χ1v) is 8.69. The van der Waals surface area contributed by atoms with Gasteiger partial charge in [0.2, 0.25) is 0 Å². The fourth-order valence-corrected chi connectivity index (χ4v) is 3.28. The van der Waals surface area contributed by atoms with Gasteiger partial charge in [0.1, 0.15) is 12.4 Å². The van der Waals surface area contributed by atoms with E-state index in [9.17, 15) is 4.79 Å². The van der Waals surface area contributed by atoms with Gasteiger partial charge in [-0.05, 0) is 43.0 Å². The zero-order valence-electron chi connectivity index (χ0n) is 15.8. The number of hydrogen-bond acceptors (Lipinski definition) is 4. The first kappa shape index (κ1) is 19.1. The Balaban J connectivity index is 1.82. The number of esters is 1. The third-order valence-corrected chi connectivity index (χ3v) is 4.48. The summed E-state index contributed by atoms with van der Waals surface area (Å²) < 4.78 is 10.7. The minimum atomic E-state index is -0.149. The second-order valence-electron chi connectivity index (χ2n) is 6.66. The van der Waals surface area contributed by atoms with Crippen LogP contribution in [0.15, 0.2) is 23.2 Å². The van der Waals surface area contributed by atoms with Crippen molar-refractivity contribution >= 4 is 11.9 Å². The van der Waals surface area contributed by atoms with E-state index in [0.717, 1.165) is 18.3 Å².